The maximum Gasteiger partial charge on any atom is 0.122 e. The monoisotopic (exact) mass is 265 g/mol. The zero-order chi connectivity index (χ0) is 12.8. The highest BCUT2D eigenvalue weighted by atomic mass is 32.1. The zero-order valence-electron chi connectivity index (χ0n) is 10.4. The summed E-state index contributed by atoms with van der Waals surface area (Å²) in [5.74, 6) is 0. The maximum atomic E-state index is 5.68. The molecule has 3 N–H and O–H groups in total. The highest BCUT2D eigenvalue weighted by Gasteiger charge is 2.12. The molecule has 0 spiro atoms. The van der Waals surface area contributed by atoms with Gasteiger partial charge in [-0.1, -0.05) is 12.2 Å². The molecule has 0 bridgehead atoms. The Bertz CT molecular complexity index is 388. The molecule has 0 aromatic carbocycles. The number of nitrogens with zero attached hydrogens (tertiary/aromatic N) is 1. The van der Waals surface area contributed by atoms with Crippen LogP contribution < -0.4 is 11.1 Å². The first-order valence-electron chi connectivity index (χ1n) is 6.37. The van der Waals surface area contributed by atoms with Crippen LogP contribution in [0.15, 0.2) is 18.3 Å². The minimum atomic E-state index is 0.331. The van der Waals surface area contributed by atoms with Gasteiger partial charge in [-0.05, 0) is 37.8 Å². The third-order valence-corrected chi connectivity index (χ3v) is 3.29. The Morgan fingerprint density at radius 1 is 1.50 bits per heavy atom. The van der Waals surface area contributed by atoms with E-state index in [1.165, 1.54) is 19.3 Å². The van der Waals surface area contributed by atoms with Crippen molar-refractivity contribution in [1.82, 2.24) is 4.98 Å². The Hall–Kier alpha value is -1.20. The Balaban J connectivity index is 1.74. The number of pyridine rings is 1. The van der Waals surface area contributed by atoms with Crippen LogP contribution in [-0.2, 0) is 4.74 Å². The van der Waals surface area contributed by atoms with Gasteiger partial charge < -0.3 is 15.8 Å². The SMILES string of the molecule is NC(=S)c1ccc(NCCC2CCCCO2)cn1. The lowest BCUT2D eigenvalue weighted by Crippen LogP contribution is -2.22. The van der Waals surface area contributed by atoms with Crippen LogP contribution in [0, 0.1) is 0 Å². The van der Waals surface area contributed by atoms with E-state index in [0.29, 0.717) is 16.8 Å². The predicted octanol–water partition coefficient (Wildman–Crippen LogP) is 2.09. The third kappa shape index (κ3) is 3.92. The van der Waals surface area contributed by atoms with Gasteiger partial charge in [-0.3, -0.25) is 4.98 Å². The summed E-state index contributed by atoms with van der Waals surface area (Å²) < 4.78 is 5.68. The van der Waals surface area contributed by atoms with E-state index in [2.05, 4.69) is 10.3 Å². The molecule has 0 aliphatic carbocycles. The van der Waals surface area contributed by atoms with Crippen molar-refractivity contribution in [3.05, 3.63) is 24.0 Å². The van der Waals surface area contributed by atoms with Gasteiger partial charge in [-0.2, -0.15) is 0 Å². The molecular formula is C13H19N3OS. The third-order valence-electron chi connectivity index (χ3n) is 3.09. The second-order valence-corrected chi connectivity index (χ2v) is 4.94. The molecule has 2 rings (SSSR count). The van der Waals surface area contributed by atoms with Crippen LogP contribution in [0.2, 0.25) is 0 Å². The molecule has 1 aromatic heterocycles. The van der Waals surface area contributed by atoms with E-state index in [9.17, 15) is 0 Å². The van der Waals surface area contributed by atoms with Crippen molar-refractivity contribution in [2.24, 2.45) is 5.73 Å². The number of hydrogen-bond donors (Lipinski definition) is 2. The van der Waals surface area contributed by atoms with E-state index < -0.39 is 0 Å². The van der Waals surface area contributed by atoms with Gasteiger partial charge in [0.05, 0.1) is 23.7 Å². The minimum Gasteiger partial charge on any atom is -0.388 e. The molecule has 0 radical (unpaired) electrons. The molecule has 5 heteroatoms. The first-order valence-corrected chi connectivity index (χ1v) is 6.78. The smallest absolute Gasteiger partial charge is 0.122 e. The average Bonchev–Trinajstić information content (AvgIpc) is 2.40. The van der Waals surface area contributed by atoms with Crippen LogP contribution in [0.4, 0.5) is 5.69 Å². The van der Waals surface area contributed by atoms with E-state index in [4.69, 9.17) is 22.7 Å². The van der Waals surface area contributed by atoms with Gasteiger partial charge >= 0.3 is 0 Å². The summed E-state index contributed by atoms with van der Waals surface area (Å²) in [5, 5.41) is 3.33. The topological polar surface area (TPSA) is 60.2 Å². The molecule has 1 aromatic rings. The molecule has 1 fully saturated rings. The fraction of sp³-hybridized carbons (Fsp3) is 0.538. The predicted molar refractivity (Wildman–Crippen MR) is 76.8 cm³/mol. The standard InChI is InChI=1S/C13H19N3OS/c14-13(18)12-5-4-10(9-16-12)15-7-6-11-3-1-2-8-17-11/h4-5,9,11,15H,1-3,6-8H2,(H2,14,18). The fourth-order valence-electron chi connectivity index (χ4n) is 2.06. The van der Waals surface area contributed by atoms with E-state index in [1.807, 2.05) is 12.1 Å². The first-order chi connectivity index (χ1) is 8.75. The van der Waals surface area contributed by atoms with Crippen LogP contribution >= 0.6 is 12.2 Å². The minimum absolute atomic E-state index is 0.331. The molecule has 0 amide bonds. The summed E-state index contributed by atoms with van der Waals surface area (Å²) in [6.07, 6.45) is 6.88. The number of thiocarbonyl (C=S) groups is 1. The maximum absolute atomic E-state index is 5.68. The lowest BCUT2D eigenvalue weighted by atomic mass is 10.1. The second-order valence-electron chi connectivity index (χ2n) is 4.50. The molecular weight excluding hydrogens is 246 g/mol. The highest BCUT2D eigenvalue weighted by molar-refractivity contribution is 7.80. The molecule has 0 saturated carbocycles. The van der Waals surface area contributed by atoms with Gasteiger partial charge in [0.15, 0.2) is 0 Å². The van der Waals surface area contributed by atoms with Crippen molar-refractivity contribution in [2.75, 3.05) is 18.5 Å². The molecule has 1 aliphatic rings. The van der Waals surface area contributed by atoms with Crippen LogP contribution in [0.1, 0.15) is 31.4 Å². The summed E-state index contributed by atoms with van der Waals surface area (Å²) in [4.78, 5) is 4.51. The number of hydrogen-bond acceptors (Lipinski definition) is 4. The lowest BCUT2D eigenvalue weighted by molar-refractivity contribution is 0.0134. The Labute approximate surface area is 113 Å². The van der Waals surface area contributed by atoms with Crippen molar-refractivity contribution in [1.29, 1.82) is 0 Å². The summed E-state index contributed by atoms with van der Waals surface area (Å²) in [7, 11) is 0. The molecule has 2 heterocycles. The lowest BCUT2D eigenvalue weighted by Gasteiger charge is -2.22. The normalized spacial score (nSPS) is 19.4. The highest BCUT2D eigenvalue weighted by Crippen LogP contribution is 2.15. The number of nitrogens with two attached hydrogens (primary N) is 1. The van der Waals surface area contributed by atoms with Gasteiger partial charge in [-0.15, -0.1) is 0 Å². The fourth-order valence-corrected chi connectivity index (χ4v) is 2.18. The van der Waals surface area contributed by atoms with Crippen molar-refractivity contribution in [3.8, 4) is 0 Å². The Morgan fingerprint density at radius 2 is 2.39 bits per heavy atom. The molecule has 18 heavy (non-hydrogen) atoms. The van der Waals surface area contributed by atoms with Crippen LogP contribution in [-0.4, -0.2) is 29.2 Å². The van der Waals surface area contributed by atoms with Crippen molar-refractivity contribution >= 4 is 22.9 Å². The van der Waals surface area contributed by atoms with Crippen molar-refractivity contribution < 1.29 is 4.74 Å². The summed E-state index contributed by atoms with van der Waals surface area (Å²) in [5.41, 5.74) is 7.14. The summed E-state index contributed by atoms with van der Waals surface area (Å²) in [6, 6.07) is 3.78. The average molecular weight is 265 g/mol. The first kappa shape index (κ1) is 13.2. The number of rotatable bonds is 5. The zero-order valence-corrected chi connectivity index (χ0v) is 11.2. The van der Waals surface area contributed by atoms with E-state index in [-0.39, 0.29) is 0 Å². The Kier molecular flexibility index (Phi) is 4.90. The number of nitrogens with one attached hydrogen (secondary N) is 1. The number of aromatic nitrogens is 1. The van der Waals surface area contributed by atoms with Crippen LogP contribution in [0.3, 0.4) is 0 Å². The molecule has 1 unspecified atom stereocenters. The van der Waals surface area contributed by atoms with Crippen LogP contribution in [0.5, 0.6) is 0 Å². The van der Waals surface area contributed by atoms with E-state index in [0.717, 1.165) is 25.3 Å². The molecule has 1 atom stereocenters. The Morgan fingerprint density at radius 3 is 3.00 bits per heavy atom. The van der Waals surface area contributed by atoms with Crippen LogP contribution in [0.25, 0.3) is 0 Å². The molecule has 98 valence electrons. The summed E-state index contributed by atoms with van der Waals surface area (Å²) in [6.45, 7) is 1.81. The molecule has 4 nitrogen and oxygen atoms in total. The largest absolute Gasteiger partial charge is 0.388 e. The van der Waals surface area contributed by atoms with Gasteiger partial charge in [0.1, 0.15) is 4.99 Å². The van der Waals surface area contributed by atoms with E-state index >= 15 is 0 Å². The van der Waals surface area contributed by atoms with Gasteiger partial charge in [0, 0.05) is 13.2 Å². The van der Waals surface area contributed by atoms with Crippen molar-refractivity contribution in [3.63, 3.8) is 0 Å². The van der Waals surface area contributed by atoms with Gasteiger partial charge in [0.2, 0.25) is 0 Å². The van der Waals surface area contributed by atoms with E-state index in [1.54, 1.807) is 6.20 Å². The molecule has 1 saturated heterocycles. The second kappa shape index (κ2) is 6.66. The summed E-state index contributed by atoms with van der Waals surface area (Å²) >= 11 is 4.86. The van der Waals surface area contributed by atoms with Crippen molar-refractivity contribution in [2.45, 2.75) is 31.8 Å². The number of ether oxygens (including phenoxy) is 1. The number of anilines is 1. The van der Waals surface area contributed by atoms with Gasteiger partial charge in [-0.25, -0.2) is 0 Å². The quantitative estimate of drug-likeness (QED) is 0.798. The van der Waals surface area contributed by atoms with Gasteiger partial charge in [0.25, 0.3) is 0 Å². The molecule has 1 aliphatic heterocycles.